The molecule has 3 aromatic rings. The molecule has 0 atom stereocenters. The fraction of sp³-hybridized carbons (Fsp3) is 0.190. The van der Waals surface area contributed by atoms with E-state index in [1.807, 2.05) is 18.2 Å². The molecule has 7 heteroatoms. The molecule has 1 amide bonds. The molecule has 0 unspecified atom stereocenters. The Kier molecular flexibility index (Phi) is 6.41. The van der Waals surface area contributed by atoms with Crippen molar-refractivity contribution in [2.45, 2.75) is 6.42 Å². The number of hydrogen-bond donors (Lipinski definition) is 2. The van der Waals surface area contributed by atoms with Crippen LogP contribution in [0.1, 0.15) is 16.1 Å². The number of nitrogens with one attached hydrogen (secondary N) is 2. The van der Waals surface area contributed by atoms with Crippen LogP contribution in [-0.4, -0.2) is 36.6 Å². The molecule has 3 rings (SSSR count). The molecule has 1 heterocycles. The van der Waals surface area contributed by atoms with E-state index in [0.717, 1.165) is 6.42 Å². The van der Waals surface area contributed by atoms with Crippen LogP contribution in [-0.2, 0) is 6.42 Å². The zero-order valence-electron chi connectivity index (χ0n) is 15.8. The van der Waals surface area contributed by atoms with Gasteiger partial charge in [-0.2, -0.15) is 0 Å². The molecule has 0 bridgehead atoms. The molecule has 0 spiro atoms. The molecule has 0 aliphatic carbocycles. The summed E-state index contributed by atoms with van der Waals surface area (Å²) < 4.78 is 10.5. The quantitative estimate of drug-likeness (QED) is 0.625. The van der Waals surface area contributed by atoms with Gasteiger partial charge in [0.1, 0.15) is 17.8 Å². The highest BCUT2D eigenvalue weighted by molar-refractivity contribution is 6.03. The van der Waals surface area contributed by atoms with E-state index in [-0.39, 0.29) is 11.6 Å². The van der Waals surface area contributed by atoms with Gasteiger partial charge in [0.05, 0.1) is 14.2 Å². The maximum absolute atomic E-state index is 12.5. The summed E-state index contributed by atoms with van der Waals surface area (Å²) in [4.78, 5) is 20.7. The van der Waals surface area contributed by atoms with Crippen molar-refractivity contribution in [3.05, 3.63) is 72.2 Å². The first-order valence-electron chi connectivity index (χ1n) is 8.83. The highest BCUT2D eigenvalue weighted by Crippen LogP contribution is 2.29. The molecule has 0 aliphatic heterocycles. The number of carbonyl (C=O) groups excluding carboxylic acids is 1. The lowest BCUT2D eigenvalue weighted by Gasteiger charge is -2.11. The van der Waals surface area contributed by atoms with E-state index in [2.05, 4.69) is 32.7 Å². The van der Waals surface area contributed by atoms with Crippen LogP contribution in [0, 0.1) is 0 Å². The monoisotopic (exact) mass is 378 g/mol. The summed E-state index contributed by atoms with van der Waals surface area (Å²) >= 11 is 0. The van der Waals surface area contributed by atoms with E-state index in [9.17, 15) is 4.79 Å². The van der Waals surface area contributed by atoms with Crippen LogP contribution in [0.3, 0.4) is 0 Å². The number of carbonyl (C=O) groups is 1. The zero-order valence-corrected chi connectivity index (χ0v) is 15.8. The molecule has 0 saturated heterocycles. The minimum absolute atomic E-state index is 0.270. The van der Waals surface area contributed by atoms with E-state index in [4.69, 9.17) is 9.47 Å². The van der Waals surface area contributed by atoms with Crippen molar-refractivity contribution in [1.82, 2.24) is 9.97 Å². The van der Waals surface area contributed by atoms with E-state index < -0.39 is 0 Å². The average Bonchev–Trinajstić information content (AvgIpc) is 2.74. The summed E-state index contributed by atoms with van der Waals surface area (Å²) in [6.45, 7) is 0.706. The fourth-order valence-corrected chi connectivity index (χ4v) is 2.67. The Balaban J connectivity index is 1.62. The number of rotatable bonds is 8. The van der Waals surface area contributed by atoms with Crippen LogP contribution in [0.15, 0.2) is 60.9 Å². The van der Waals surface area contributed by atoms with Gasteiger partial charge in [-0.1, -0.05) is 30.3 Å². The summed E-state index contributed by atoms with van der Waals surface area (Å²) in [6, 6.07) is 16.9. The number of amides is 1. The van der Waals surface area contributed by atoms with Crippen LogP contribution in [0.2, 0.25) is 0 Å². The van der Waals surface area contributed by atoms with Gasteiger partial charge in [0.25, 0.3) is 5.91 Å². The summed E-state index contributed by atoms with van der Waals surface area (Å²) in [7, 11) is 3.10. The number of aromatic nitrogens is 2. The van der Waals surface area contributed by atoms with E-state index in [1.165, 1.54) is 11.9 Å². The predicted molar refractivity (Wildman–Crippen MR) is 108 cm³/mol. The molecule has 2 aromatic carbocycles. The van der Waals surface area contributed by atoms with Gasteiger partial charge in [-0.3, -0.25) is 4.79 Å². The topological polar surface area (TPSA) is 85.4 Å². The second-order valence-electron chi connectivity index (χ2n) is 5.97. The normalized spacial score (nSPS) is 10.2. The summed E-state index contributed by atoms with van der Waals surface area (Å²) in [5.41, 5.74) is 2.09. The lowest BCUT2D eigenvalue weighted by molar-refractivity contribution is 0.102. The standard InChI is InChI=1S/C21H22N4O3/c1-27-18-9-8-16(12-19(18)28-2)25-21(26)17-13-20(24-14-23-17)22-11-10-15-6-4-3-5-7-15/h3-9,12-14H,10-11H2,1-2H3,(H,25,26)(H,22,23,24). The van der Waals surface area contributed by atoms with Gasteiger partial charge >= 0.3 is 0 Å². The van der Waals surface area contributed by atoms with Gasteiger partial charge in [-0.05, 0) is 24.1 Å². The highest BCUT2D eigenvalue weighted by atomic mass is 16.5. The second-order valence-corrected chi connectivity index (χ2v) is 5.97. The van der Waals surface area contributed by atoms with Crippen molar-refractivity contribution < 1.29 is 14.3 Å². The van der Waals surface area contributed by atoms with Crippen LogP contribution >= 0.6 is 0 Å². The molecular formula is C21H22N4O3. The van der Waals surface area contributed by atoms with E-state index in [0.29, 0.717) is 29.5 Å². The van der Waals surface area contributed by atoms with Crippen molar-refractivity contribution in [2.75, 3.05) is 31.4 Å². The smallest absolute Gasteiger partial charge is 0.274 e. The third-order valence-electron chi connectivity index (χ3n) is 4.10. The number of benzene rings is 2. The van der Waals surface area contributed by atoms with Gasteiger partial charge < -0.3 is 20.1 Å². The van der Waals surface area contributed by atoms with E-state index >= 15 is 0 Å². The van der Waals surface area contributed by atoms with Crippen molar-refractivity contribution in [3.8, 4) is 11.5 Å². The molecule has 0 radical (unpaired) electrons. The SMILES string of the molecule is COc1ccc(NC(=O)c2cc(NCCc3ccccc3)ncn2)cc1OC. The number of ether oxygens (including phenoxy) is 2. The van der Waals surface area contributed by atoms with Crippen LogP contribution in [0.4, 0.5) is 11.5 Å². The lowest BCUT2D eigenvalue weighted by Crippen LogP contribution is -2.15. The predicted octanol–water partition coefficient (Wildman–Crippen LogP) is 3.40. The molecular weight excluding hydrogens is 356 g/mol. The molecule has 144 valence electrons. The van der Waals surface area contributed by atoms with Gasteiger partial charge in [0, 0.05) is 24.4 Å². The fourth-order valence-electron chi connectivity index (χ4n) is 2.67. The molecule has 2 N–H and O–H groups in total. The van der Waals surface area contributed by atoms with Gasteiger partial charge in [0.2, 0.25) is 0 Å². The lowest BCUT2D eigenvalue weighted by atomic mass is 10.1. The Labute approximate surface area is 163 Å². The maximum atomic E-state index is 12.5. The number of methoxy groups -OCH3 is 2. The zero-order chi connectivity index (χ0) is 19.8. The number of hydrogen-bond acceptors (Lipinski definition) is 6. The number of anilines is 2. The van der Waals surface area contributed by atoms with E-state index in [1.54, 1.807) is 38.5 Å². The van der Waals surface area contributed by atoms with Crippen molar-refractivity contribution in [1.29, 1.82) is 0 Å². The van der Waals surface area contributed by atoms with Crippen molar-refractivity contribution in [2.24, 2.45) is 0 Å². The first-order valence-corrected chi connectivity index (χ1v) is 8.83. The second kappa shape index (κ2) is 9.36. The molecule has 1 aromatic heterocycles. The number of nitrogens with zero attached hydrogens (tertiary/aromatic N) is 2. The Morgan fingerprint density at radius 2 is 1.75 bits per heavy atom. The molecule has 0 aliphatic rings. The first kappa shape index (κ1) is 19.2. The molecule has 0 saturated carbocycles. The largest absolute Gasteiger partial charge is 0.493 e. The Morgan fingerprint density at radius 3 is 2.50 bits per heavy atom. The highest BCUT2D eigenvalue weighted by Gasteiger charge is 2.11. The maximum Gasteiger partial charge on any atom is 0.274 e. The molecule has 0 fully saturated rings. The third-order valence-corrected chi connectivity index (χ3v) is 4.10. The van der Waals surface area contributed by atoms with Gasteiger partial charge in [-0.25, -0.2) is 9.97 Å². The summed E-state index contributed by atoms with van der Waals surface area (Å²) in [5.74, 6) is 1.39. The Morgan fingerprint density at radius 1 is 0.964 bits per heavy atom. The van der Waals surface area contributed by atoms with Crippen LogP contribution < -0.4 is 20.1 Å². The molecule has 7 nitrogen and oxygen atoms in total. The van der Waals surface area contributed by atoms with Crippen molar-refractivity contribution in [3.63, 3.8) is 0 Å². The Bertz CT molecular complexity index is 932. The van der Waals surface area contributed by atoms with Crippen LogP contribution in [0.25, 0.3) is 0 Å². The van der Waals surface area contributed by atoms with Gasteiger partial charge in [-0.15, -0.1) is 0 Å². The summed E-state index contributed by atoms with van der Waals surface area (Å²) in [5, 5.41) is 6.02. The molecule has 28 heavy (non-hydrogen) atoms. The van der Waals surface area contributed by atoms with Crippen molar-refractivity contribution >= 4 is 17.4 Å². The Hall–Kier alpha value is -3.61. The van der Waals surface area contributed by atoms with Crippen LogP contribution in [0.5, 0.6) is 11.5 Å². The first-order chi connectivity index (χ1) is 13.7. The van der Waals surface area contributed by atoms with Gasteiger partial charge in [0.15, 0.2) is 11.5 Å². The minimum Gasteiger partial charge on any atom is -0.493 e. The minimum atomic E-state index is -0.333. The average molecular weight is 378 g/mol. The summed E-state index contributed by atoms with van der Waals surface area (Å²) in [6.07, 6.45) is 2.23. The third kappa shape index (κ3) is 4.97.